The van der Waals surface area contributed by atoms with Crippen LogP contribution in [0.4, 0.5) is 8.78 Å². The summed E-state index contributed by atoms with van der Waals surface area (Å²) in [6.07, 6.45) is 0. The minimum absolute atomic E-state index is 0.374. The van der Waals surface area contributed by atoms with Gasteiger partial charge in [0.25, 0.3) is 0 Å². The lowest BCUT2D eigenvalue weighted by molar-refractivity contribution is -0.0487. The van der Waals surface area contributed by atoms with Gasteiger partial charge in [0, 0.05) is 11.3 Å². The van der Waals surface area contributed by atoms with Gasteiger partial charge >= 0.3 is 0 Å². The molecule has 0 spiro atoms. The summed E-state index contributed by atoms with van der Waals surface area (Å²) in [4.78, 5) is 0. The first-order chi connectivity index (χ1) is 6.68. The molecular formula is C10H10F2OS. The van der Waals surface area contributed by atoms with E-state index in [-0.39, 0.29) is 5.82 Å². The summed E-state index contributed by atoms with van der Waals surface area (Å²) in [7, 11) is 0. The predicted octanol–water partition coefficient (Wildman–Crippen LogP) is 2.16. The van der Waals surface area contributed by atoms with Crippen molar-refractivity contribution in [1.82, 2.24) is 0 Å². The average molecular weight is 216 g/mol. The fraction of sp³-hybridized carbons (Fsp3) is 0.400. The van der Waals surface area contributed by atoms with Gasteiger partial charge < -0.3 is 4.74 Å². The Balaban J connectivity index is 2.43. The lowest BCUT2D eigenvalue weighted by Gasteiger charge is -2.40. The van der Waals surface area contributed by atoms with E-state index in [9.17, 15) is 8.78 Å². The van der Waals surface area contributed by atoms with Gasteiger partial charge in [-0.1, -0.05) is 0 Å². The molecular weight excluding hydrogens is 206 g/mol. The molecule has 1 fully saturated rings. The molecule has 1 heterocycles. The molecule has 0 radical (unpaired) electrons. The largest absolute Gasteiger partial charge is 0.379 e. The van der Waals surface area contributed by atoms with Crippen molar-refractivity contribution < 1.29 is 13.5 Å². The standard InChI is InChI=1S/C10H10F2OS/c11-7-1-2-9(12)8(3-7)10(6-14)4-13-5-10/h1-3,14H,4-6H2. The first kappa shape index (κ1) is 9.93. The van der Waals surface area contributed by atoms with Crippen LogP contribution in [-0.4, -0.2) is 19.0 Å². The molecule has 0 aromatic heterocycles. The van der Waals surface area contributed by atoms with E-state index in [2.05, 4.69) is 12.6 Å². The van der Waals surface area contributed by atoms with Crippen LogP contribution in [0.1, 0.15) is 5.56 Å². The van der Waals surface area contributed by atoms with Crippen molar-refractivity contribution in [3.8, 4) is 0 Å². The quantitative estimate of drug-likeness (QED) is 0.745. The molecule has 0 amide bonds. The zero-order valence-corrected chi connectivity index (χ0v) is 8.36. The van der Waals surface area contributed by atoms with Gasteiger partial charge in [0.1, 0.15) is 11.6 Å². The van der Waals surface area contributed by atoms with Crippen molar-refractivity contribution in [2.24, 2.45) is 0 Å². The van der Waals surface area contributed by atoms with E-state index in [0.29, 0.717) is 24.5 Å². The normalized spacial score (nSPS) is 19.1. The highest BCUT2D eigenvalue weighted by Gasteiger charge is 2.41. The van der Waals surface area contributed by atoms with Crippen molar-refractivity contribution in [1.29, 1.82) is 0 Å². The molecule has 1 saturated heterocycles. The zero-order chi connectivity index (χ0) is 10.2. The average Bonchev–Trinajstić information content (AvgIpc) is 2.10. The Hall–Kier alpha value is -0.610. The van der Waals surface area contributed by atoms with Gasteiger partial charge in [-0.3, -0.25) is 0 Å². The molecule has 1 nitrogen and oxygen atoms in total. The highest BCUT2D eigenvalue weighted by molar-refractivity contribution is 7.80. The van der Waals surface area contributed by atoms with Gasteiger partial charge in [-0.25, -0.2) is 8.78 Å². The lowest BCUT2D eigenvalue weighted by Crippen LogP contribution is -2.49. The summed E-state index contributed by atoms with van der Waals surface area (Å²) in [6, 6.07) is 3.49. The third kappa shape index (κ3) is 1.42. The van der Waals surface area contributed by atoms with E-state index in [1.807, 2.05) is 0 Å². The van der Waals surface area contributed by atoms with Gasteiger partial charge in [0.05, 0.1) is 18.6 Å². The molecule has 4 heteroatoms. The number of hydrogen-bond acceptors (Lipinski definition) is 2. The topological polar surface area (TPSA) is 9.23 Å². The highest BCUT2D eigenvalue weighted by Crippen LogP contribution is 2.35. The molecule has 0 aliphatic carbocycles. The summed E-state index contributed by atoms with van der Waals surface area (Å²) in [5.41, 5.74) is -0.0614. The van der Waals surface area contributed by atoms with E-state index < -0.39 is 11.2 Å². The van der Waals surface area contributed by atoms with E-state index in [1.54, 1.807) is 0 Å². The van der Waals surface area contributed by atoms with Crippen LogP contribution < -0.4 is 0 Å². The van der Waals surface area contributed by atoms with Crippen LogP contribution in [-0.2, 0) is 10.2 Å². The smallest absolute Gasteiger partial charge is 0.127 e. The van der Waals surface area contributed by atoms with Crippen LogP contribution in [0.25, 0.3) is 0 Å². The molecule has 14 heavy (non-hydrogen) atoms. The van der Waals surface area contributed by atoms with Gasteiger partial charge in [-0.2, -0.15) is 12.6 Å². The minimum Gasteiger partial charge on any atom is -0.379 e. The van der Waals surface area contributed by atoms with Gasteiger partial charge in [0.2, 0.25) is 0 Å². The van der Waals surface area contributed by atoms with Crippen LogP contribution in [0.2, 0.25) is 0 Å². The van der Waals surface area contributed by atoms with Crippen molar-refractivity contribution in [2.75, 3.05) is 19.0 Å². The Morgan fingerprint density at radius 2 is 2.07 bits per heavy atom. The van der Waals surface area contributed by atoms with Crippen LogP contribution >= 0.6 is 12.6 Å². The number of ether oxygens (including phenoxy) is 1. The molecule has 1 aliphatic rings. The molecule has 0 saturated carbocycles. The molecule has 76 valence electrons. The van der Waals surface area contributed by atoms with Crippen molar-refractivity contribution in [3.63, 3.8) is 0 Å². The molecule has 2 rings (SSSR count). The summed E-state index contributed by atoms with van der Waals surface area (Å²) in [5, 5.41) is 0. The predicted molar refractivity (Wildman–Crippen MR) is 52.7 cm³/mol. The molecule has 1 aliphatic heterocycles. The Labute approximate surface area is 86.5 Å². The molecule has 1 aromatic rings. The maximum absolute atomic E-state index is 13.4. The Kier molecular flexibility index (Phi) is 2.49. The number of thiol groups is 1. The Morgan fingerprint density at radius 3 is 2.57 bits per heavy atom. The number of hydrogen-bond donors (Lipinski definition) is 1. The van der Waals surface area contributed by atoms with Gasteiger partial charge in [-0.15, -0.1) is 0 Å². The summed E-state index contributed by atoms with van der Waals surface area (Å²) < 4.78 is 31.4. The lowest BCUT2D eigenvalue weighted by atomic mass is 9.80. The van der Waals surface area contributed by atoms with E-state index >= 15 is 0 Å². The Bertz CT molecular complexity index is 344. The second kappa shape index (κ2) is 3.51. The second-order valence-electron chi connectivity index (χ2n) is 3.56. The van der Waals surface area contributed by atoms with Crippen LogP contribution in [0.15, 0.2) is 18.2 Å². The molecule has 0 unspecified atom stereocenters. The molecule has 0 atom stereocenters. The van der Waals surface area contributed by atoms with Crippen LogP contribution in [0.3, 0.4) is 0 Å². The first-order valence-corrected chi connectivity index (χ1v) is 4.95. The summed E-state index contributed by atoms with van der Waals surface area (Å²) in [5.74, 6) is -0.342. The van der Waals surface area contributed by atoms with E-state index in [0.717, 1.165) is 12.1 Å². The van der Waals surface area contributed by atoms with Crippen LogP contribution in [0, 0.1) is 11.6 Å². The van der Waals surface area contributed by atoms with Crippen LogP contribution in [0.5, 0.6) is 0 Å². The van der Waals surface area contributed by atoms with Gasteiger partial charge in [-0.05, 0) is 18.2 Å². The zero-order valence-electron chi connectivity index (χ0n) is 7.46. The highest BCUT2D eigenvalue weighted by atomic mass is 32.1. The van der Waals surface area contributed by atoms with E-state index in [1.165, 1.54) is 6.07 Å². The van der Waals surface area contributed by atoms with Gasteiger partial charge in [0.15, 0.2) is 0 Å². The Morgan fingerprint density at radius 1 is 1.36 bits per heavy atom. The fourth-order valence-corrected chi connectivity index (χ4v) is 1.94. The molecule has 0 bridgehead atoms. The third-order valence-corrected chi connectivity index (χ3v) is 3.16. The fourth-order valence-electron chi connectivity index (χ4n) is 1.58. The monoisotopic (exact) mass is 216 g/mol. The number of halogens is 2. The maximum Gasteiger partial charge on any atom is 0.127 e. The summed E-state index contributed by atoms with van der Waals surface area (Å²) in [6.45, 7) is 0.827. The molecule has 1 aromatic carbocycles. The molecule has 0 N–H and O–H groups in total. The van der Waals surface area contributed by atoms with E-state index in [4.69, 9.17) is 4.74 Å². The third-order valence-electron chi connectivity index (χ3n) is 2.56. The van der Waals surface area contributed by atoms with Crippen molar-refractivity contribution >= 4 is 12.6 Å². The minimum atomic E-state index is -0.435. The van der Waals surface area contributed by atoms with Crippen molar-refractivity contribution in [3.05, 3.63) is 35.4 Å². The number of rotatable bonds is 2. The SMILES string of the molecule is Fc1ccc(F)c(C2(CS)COC2)c1. The first-order valence-electron chi connectivity index (χ1n) is 4.32. The maximum atomic E-state index is 13.4. The second-order valence-corrected chi connectivity index (χ2v) is 3.87. The summed E-state index contributed by atoms with van der Waals surface area (Å²) >= 11 is 4.16. The van der Waals surface area contributed by atoms with Crippen molar-refractivity contribution in [2.45, 2.75) is 5.41 Å². The number of benzene rings is 1.